The van der Waals surface area contributed by atoms with Gasteiger partial charge in [-0.15, -0.1) is 22.7 Å². The summed E-state index contributed by atoms with van der Waals surface area (Å²) in [5.41, 5.74) is 2.76. The van der Waals surface area contributed by atoms with Crippen LogP contribution in [0.15, 0.2) is 41.1 Å². The molecule has 0 radical (unpaired) electrons. The predicted octanol–water partition coefficient (Wildman–Crippen LogP) is 4.32. The Labute approximate surface area is 142 Å². The molecule has 1 amide bonds. The van der Waals surface area contributed by atoms with E-state index in [0.717, 1.165) is 17.1 Å². The van der Waals surface area contributed by atoms with E-state index in [-0.39, 0.29) is 5.91 Å². The third-order valence-electron chi connectivity index (χ3n) is 3.72. The fourth-order valence-corrected chi connectivity index (χ4v) is 3.93. The third-order valence-corrected chi connectivity index (χ3v) is 5.35. The van der Waals surface area contributed by atoms with Crippen molar-refractivity contribution in [3.63, 3.8) is 0 Å². The van der Waals surface area contributed by atoms with E-state index in [9.17, 15) is 4.79 Å². The van der Waals surface area contributed by atoms with Crippen molar-refractivity contribution in [1.82, 2.24) is 9.97 Å². The molecular weight excluding hydrogens is 326 g/mol. The zero-order valence-electron chi connectivity index (χ0n) is 12.4. The van der Waals surface area contributed by atoms with E-state index in [1.165, 1.54) is 41.1 Å². The maximum Gasteiger partial charge on any atom is 0.276 e. The number of hydrogen-bond donors (Lipinski definition) is 1. The highest BCUT2D eigenvalue weighted by Crippen LogP contribution is 2.40. The van der Waals surface area contributed by atoms with Gasteiger partial charge in [-0.05, 0) is 18.4 Å². The summed E-state index contributed by atoms with van der Waals surface area (Å²) in [7, 11) is 0. The van der Waals surface area contributed by atoms with E-state index in [1.54, 1.807) is 0 Å². The molecule has 1 aliphatic rings. The number of nitrogens with zero attached hydrogens (tertiary/aromatic N) is 2. The molecule has 1 N–H and O–H groups in total. The first kappa shape index (κ1) is 14.5. The van der Waals surface area contributed by atoms with Gasteiger partial charge in [-0.2, -0.15) is 0 Å². The van der Waals surface area contributed by atoms with Gasteiger partial charge in [0, 0.05) is 23.1 Å². The SMILES string of the molecule is O=C(Nc1nc(C2CC2)cs1)c1csc(Cc2ccccc2)n1. The largest absolute Gasteiger partial charge is 0.296 e. The Morgan fingerprint density at radius 1 is 1.13 bits per heavy atom. The summed E-state index contributed by atoms with van der Waals surface area (Å²) in [6.45, 7) is 0. The van der Waals surface area contributed by atoms with Crippen LogP contribution in [0.4, 0.5) is 5.13 Å². The second kappa shape index (κ2) is 6.22. The van der Waals surface area contributed by atoms with Crippen LogP contribution in [0.2, 0.25) is 0 Å². The molecule has 0 saturated heterocycles. The first-order valence-electron chi connectivity index (χ1n) is 7.53. The number of rotatable bonds is 5. The van der Waals surface area contributed by atoms with Gasteiger partial charge in [0.25, 0.3) is 5.91 Å². The molecule has 116 valence electrons. The molecule has 1 aliphatic carbocycles. The zero-order valence-corrected chi connectivity index (χ0v) is 14.0. The second-order valence-electron chi connectivity index (χ2n) is 5.59. The third kappa shape index (κ3) is 3.48. The molecule has 1 aromatic carbocycles. The minimum absolute atomic E-state index is 0.183. The number of hydrogen-bond acceptors (Lipinski definition) is 5. The lowest BCUT2D eigenvalue weighted by Crippen LogP contribution is -2.12. The molecule has 2 aromatic heterocycles. The number of carbonyl (C=O) groups excluding carboxylic acids is 1. The summed E-state index contributed by atoms with van der Waals surface area (Å²) in [4.78, 5) is 21.2. The van der Waals surface area contributed by atoms with Gasteiger partial charge in [0.05, 0.1) is 10.7 Å². The number of thiazole rings is 2. The van der Waals surface area contributed by atoms with Crippen LogP contribution in [-0.2, 0) is 6.42 Å². The van der Waals surface area contributed by atoms with Crippen molar-refractivity contribution in [2.75, 3.05) is 5.32 Å². The molecule has 0 spiro atoms. The number of nitrogens with one attached hydrogen (secondary N) is 1. The van der Waals surface area contributed by atoms with E-state index in [4.69, 9.17) is 0 Å². The molecule has 0 bridgehead atoms. The molecule has 0 aliphatic heterocycles. The van der Waals surface area contributed by atoms with Crippen LogP contribution in [-0.4, -0.2) is 15.9 Å². The highest BCUT2D eigenvalue weighted by Gasteiger charge is 2.26. The maximum atomic E-state index is 12.3. The van der Waals surface area contributed by atoms with E-state index >= 15 is 0 Å². The van der Waals surface area contributed by atoms with E-state index in [2.05, 4.69) is 27.4 Å². The van der Waals surface area contributed by atoms with Gasteiger partial charge in [-0.1, -0.05) is 30.3 Å². The van der Waals surface area contributed by atoms with Gasteiger partial charge in [-0.3, -0.25) is 10.1 Å². The Morgan fingerprint density at radius 3 is 2.74 bits per heavy atom. The Balaban J connectivity index is 1.42. The van der Waals surface area contributed by atoms with Crippen molar-refractivity contribution < 1.29 is 4.79 Å². The summed E-state index contributed by atoms with van der Waals surface area (Å²) in [6, 6.07) is 10.1. The van der Waals surface area contributed by atoms with E-state index in [1.807, 2.05) is 29.0 Å². The summed E-state index contributed by atoms with van der Waals surface area (Å²) in [6.07, 6.45) is 3.18. The topological polar surface area (TPSA) is 54.9 Å². The molecule has 3 aromatic rings. The van der Waals surface area contributed by atoms with Crippen LogP contribution in [0.3, 0.4) is 0 Å². The van der Waals surface area contributed by atoms with Gasteiger partial charge in [-0.25, -0.2) is 9.97 Å². The normalized spacial score (nSPS) is 13.9. The summed E-state index contributed by atoms with van der Waals surface area (Å²) < 4.78 is 0. The minimum atomic E-state index is -0.183. The summed E-state index contributed by atoms with van der Waals surface area (Å²) >= 11 is 3.00. The lowest BCUT2D eigenvalue weighted by molar-refractivity contribution is 0.102. The average molecular weight is 341 g/mol. The van der Waals surface area contributed by atoms with Gasteiger partial charge in [0.15, 0.2) is 5.13 Å². The fourth-order valence-electron chi connectivity index (χ4n) is 2.34. The monoisotopic (exact) mass is 341 g/mol. The van der Waals surface area contributed by atoms with Gasteiger partial charge in [0.2, 0.25) is 0 Å². The molecule has 2 heterocycles. The predicted molar refractivity (Wildman–Crippen MR) is 93.4 cm³/mol. The number of anilines is 1. The molecule has 23 heavy (non-hydrogen) atoms. The molecule has 4 nitrogen and oxygen atoms in total. The Kier molecular flexibility index (Phi) is 3.93. The maximum absolute atomic E-state index is 12.3. The first-order chi connectivity index (χ1) is 11.3. The van der Waals surface area contributed by atoms with Crippen LogP contribution in [0.5, 0.6) is 0 Å². The molecule has 1 saturated carbocycles. The Bertz CT molecular complexity index is 821. The van der Waals surface area contributed by atoms with Crippen molar-refractivity contribution in [2.45, 2.75) is 25.2 Å². The van der Waals surface area contributed by atoms with Crippen LogP contribution in [0.25, 0.3) is 0 Å². The van der Waals surface area contributed by atoms with Crippen molar-refractivity contribution in [2.24, 2.45) is 0 Å². The minimum Gasteiger partial charge on any atom is -0.296 e. The molecule has 0 unspecified atom stereocenters. The van der Waals surface area contributed by atoms with Crippen molar-refractivity contribution in [3.8, 4) is 0 Å². The van der Waals surface area contributed by atoms with Crippen LogP contribution < -0.4 is 5.32 Å². The van der Waals surface area contributed by atoms with E-state index in [0.29, 0.717) is 16.7 Å². The Hall–Kier alpha value is -2.05. The smallest absolute Gasteiger partial charge is 0.276 e. The molecular formula is C17H15N3OS2. The van der Waals surface area contributed by atoms with Crippen molar-refractivity contribution in [1.29, 1.82) is 0 Å². The summed E-state index contributed by atoms with van der Waals surface area (Å²) in [5.74, 6) is 0.422. The first-order valence-corrected chi connectivity index (χ1v) is 9.29. The van der Waals surface area contributed by atoms with Crippen LogP contribution in [0.1, 0.15) is 45.5 Å². The summed E-state index contributed by atoms with van der Waals surface area (Å²) in [5, 5.41) is 8.30. The number of amides is 1. The molecule has 1 fully saturated rings. The number of carbonyl (C=O) groups is 1. The molecule has 4 rings (SSSR count). The van der Waals surface area contributed by atoms with Crippen LogP contribution >= 0.6 is 22.7 Å². The molecule has 6 heteroatoms. The standard InChI is InChI=1S/C17H15N3OS2/c21-16(20-17-19-13(9-23-17)12-6-7-12)14-10-22-15(18-14)8-11-4-2-1-3-5-11/h1-5,9-10,12H,6-8H2,(H,19,20,21). The van der Waals surface area contributed by atoms with E-state index < -0.39 is 0 Å². The fraction of sp³-hybridized carbons (Fsp3) is 0.235. The van der Waals surface area contributed by atoms with Crippen molar-refractivity contribution >= 4 is 33.7 Å². The second-order valence-corrected chi connectivity index (χ2v) is 7.40. The lowest BCUT2D eigenvalue weighted by Gasteiger charge is -1.98. The zero-order chi connectivity index (χ0) is 15.6. The highest BCUT2D eigenvalue weighted by atomic mass is 32.1. The van der Waals surface area contributed by atoms with Gasteiger partial charge < -0.3 is 0 Å². The van der Waals surface area contributed by atoms with Gasteiger partial charge in [0.1, 0.15) is 5.69 Å². The quantitative estimate of drug-likeness (QED) is 0.752. The lowest BCUT2D eigenvalue weighted by atomic mass is 10.2. The Morgan fingerprint density at radius 2 is 1.96 bits per heavy atom. The van der Waals surface area contributed by atoms with Crippen LogP contribution in [0, 0.1) is 0 Å². The van der Waals surface area contributed by atoms with Gasteiger partial charge >= 0.3 is 0 Å². The van der Waals surface area contributed by atoms with Crippen molar-refractivity contribution in [3.05, 3.63) is 63.1 Å². The highest BCUT2D eigenvalue weighted by molar-refractivity contribution is 7.14. The average Bonchev–Trinajstić information content (AvgIpc) is 3.13. The molecule has 0 atom stereocenters. The number of benzene rings is 1. The number of aromatic nitrogens is 2.